The van der Waals surface area contributed by atoms with E-state index in [-0.39, 0.29) is 11.9 Å². The third-order valence-electron chi connectivity index (χ3n) is 2.44. The Labute approximate surface area is 114 Å². The normalized spacial score (nSPS) is 13.2. The van der Waals surface area contributed by atoms with Gasteiger partial charge >= 0.3 is 12.1 Å². The van der Waals surface area contributed by atoms with Gasteiger partial charge in [-0.1, -0.05) is 13.8 Å². The van der Waals surface area contributed by atoms with E-state index in [0.717, 1.165) is 12.3 Å². The molecule has 5 nitrogen and oxygen atoms in total. The van der Waals surface area contributed by atoms with Crippen LogP contribution in [0.3, 0.4) is 0 Å². The lowest BCUT2D eigenvalue weighted by Gasteiger charge is -2.18. The van der Waals surface area contributed by atoms with Crippen molar-refractivity contribution in [3.63, 3.8) is 0 Å². The Morgan fingerprint density at radius 3 is 2.60 bits per heavy atom. The van der Waals surface area contributed by atoms with E-state index in [4.69, 9.17) is 0 Å². The molecule has 1 rings (SSSR count). The van der Waals surface area contributed by atoms with Crippen LogP contribution in [0, 0.1) is 5.92 Å². The lowest BCUT2D eigenvalue weighted by molar-refractivity contribution is -0.142. The topological polar surface area (TPSA) is 64.1 Å². The molecule has 0 spiro atoms. The number of nitrogens with one attached hydrogen (secondary N) is 1. The Morgan fingerprint density at radius 1 is 1.45 bits per heavy atom. The molecular formula is C12H16F3N3O2. The van der Waals surface area contributed by atoms with Crippen molar-refractivity contribution >= 4 is 11.9 Å². The number of anilines is 1. The molecule has 0 saturated carbocycles. The highest BCUT2D eigenvalue weighted by Gasteiger charge is 2.33. The molecule has 0 aromatic carbocycles. The van der Waals surface area contributed by atoms with Crippen molar-refractivity contribution < 1.29 is 22.7 Å². The van der Waals surface area contributed by atoms with Gasteiger partial charge in [0, 0.05) is 6.20 Å². The van der Waals surface area contributed by atoms with E-state index in [1.165, 1.54) is 7.11 Å². The van der Waals surface area contributed by atoms with Crippen LogP contribution in [-0.4, -0.2) is 29.1 Å². The molecule has 0 aliphatic heterocycles. The van der Waals surface area contributed by atoms with Gasteiger partial charge in [0.05, 0.1) is 7.11 Å². The third-order valence-corrected chi connectivity index (χ3v) is 2.44. The minimum Gasteiger partial charge on any atom is -0.467 e. The molecule has 1 atom stereocenters. The van der Waals surface area contributed by atoms with E-state index in [9.17, 15) is 18.0 Å². The van der Waals surface area contributed by atoms with Crippen LogP contribution < -0.4 is 5.32 Å². The van der Waals surface area contributed by atoms with Gasteiger partial charge in [-0.25, -0.2) is 14.8 Å². The van der Waals surface area contributed by atoms with Gasteiger partial charge in [0.15, 0.2) is 0 Å². The Balaban J connectivity index is 2.91. The monoisotopic (exact) mass is 291 g/mol. The predicted molar refractivity (Wildman–Crippen MR) is 65.9 cm³/mol. The number of carbonyl (C=O) groups is 1. The molecule has 8 heteroatoms. The average Bonchev–Trinajstić information content (AvgIpc) is 2.36. The summed E-state index contributed by atoms with van der Waals surface area (Å²) in [5, 5.41) is 2.58. The molecule has 0 aliphatic carbocycles. The first-order chi connectivity index (χ1) is 9.24. The summed E-state index contributed by atoms with van der Waals surface area (Å²) >= 11 is 0. The number of nitrogens with zero attached hydrogens (tertiary/aromatic N) is 2. The molecule has 0 amide bonds. The molecule has 0 radical (unpaired) electrons. The molecule has 20 heavy (non-hydrogen) atoms. The maximum Gasteiger partial charge on any atom is 0.433 e. The van der Waals surface area contributed by atoms with Gasteiger partial charge in [0.1, 0.15) is 11.7 Å². The number of methoxy groups -OCH3 is 1. The molecule has 1 heterocycles. The van der Waals surface area contributed by atoms with Crippen molar-refractivity contribution in [2.24, 2.45) is 5.92 Å². The van der Waals surface area contributed by atoms with E-state index in [2.05, 4.69) is 20.0 Å². The number of halogens is 3. The van der Waals surface area contributed by atoms with Gasteiger partial charge in [-0.15, -0.1) is 0 Å². The molecule has 1 aromatic rings. The second-order valence-corrected chi connectivity index (χ2v) is 4.61. The Morgan fingerprint density at radius 2 is 2.10 bits per heavy atom. The summed E-state index contributed by atoms with van der Waals surface area (Å²) in [5.74, 6) is -0.673. The number of esters is 1. The lowest BCUT2D eigenvalue weighted by Crippen LogP contribution is -2.33. The van der Waals surface area contributed by atoms with E-state index in [0.29, 0.717) is 6.42 Å². The molecule has 1 aromatic heterocycles. The zero-order chi connectivity index (χ0) is 15.3. The molecule has 0 saturated heterocycles. The second-order valence-electron chi connectivity index (χ2n) is 4.61. The number of alkyl halides is 3. The lowest BCUT2D eigenvalue weighted by atomic mass is 10.0. The molecule has 112 valence electrons. The number of carbonyl (C=O) groups excluding carboxylic acids is 1. The average molecular weight is 291 g/mol. The number of hydrogen-bond acceptors (Lipinski definition) is 5. The first kappa shape index (κ1) is 16.2. The van der Waals surface area contributed by atoms with Crippen molar-refractivity contribution in [1.29, 1.82) is 0 Å². The summed E-state index contributed by atoms with van der Waals surface area (Å²) in [6, 6.07) is -0.0238. The number of ether oxygens (including phenoxy) is 1. The van der Waals surface area contributed by atoms with Crippen LogP contribution in [-0.2, 0) is 15.7 Å². The van der Waals surface area contributed by atoms with Gasteiger partial charge < -0.3 is 10.1 Å². The third kappa shape index (κ3) is 4.67. The Kier molecular flexibility index (Phi) is 5.29. The van der Waals surface area contributed by atoms with E-state index >= 15 is 0 Å². The summed E-state index contributed by atoms with van der Waals surface area (Å²) < 4.78 is 42.2. The van der Waals surface area contributed by atoms with Crippen LogP contribution in [0.5, 0.6) is 0 Å². The van der Waals surface area contributed by atoms with Gasteiger partial charge in [0.2, 0.25) is 5.95 Å². The summed E-state index contributed by atoms with van der Waals surface area (Å²) in [6.45, 7) is 3.76. The highest BCUT2D eigenvalue weighted by molar-refractivity contribution is 5.78. The van der Waals surface area contributed by atoms with Gasteiger partial charge in [-0.05, 0) is 18.4 Å². The van der Waals surface area contributed by atoms with Crippen LogP contribution in [0.2, 0.25) is 0 Å². The quantitative estimate of drug-likeness (QED) is 0.844. The highest BCUT2D eigenvalue weighted by Crippen LogP contribution is 2.27. The molecular weight excluding hydrogens is 275 g/mol. The Bertz CT molecular complexity index is 464. The van der Waals surface area contributed by atoms with E-state index in [1.807, 2.05) is 13.8 Å². The molecule has 1 unspecified atom stereocenters. The first-order valence-corrected chi connectivity index (χ1v) is 5.98. The van der Waals surface area contributed by atoms with Crippen LogP contribution in [0.15, 0.2) is 12.3 Å². The summed E-state index contributed by atoms with van der Waals surface area (Å²) in [7, 11) is 1.21. The standard InChI is InChI=1S/C12H16F3N3O2/c1-7(2)6-8(10(19)20-3)17-11-16-5-4-9(18-11)12(13,14)15/h4-5,7-8H,6H2,1-3H3,(H,16,17,18). The zero-order valence-corrected chi connectivity index (χ0v) is 11.4. The fourth-order valence-corrected chi connectivity index (χ4v) is 1.57. The van der Waals surface area contributed by atoms with E-state index in [1.54, 1.807) is 0 Å². The van der Waals surface area contributed by atoms with E-state index < -0.39 is 23.9 Å². The minimum atomic E-state index is -4.56. The molecule has 0 aliphatic rings. The van der Waals surface area contributed by atoms with Gasteiger partial charge in [-0.2, -0.15) is 13.2 Å². The predicted octanol–water partition coefficient (Wildman–Crippen LogP) is 2.50. The largest absolute Gasteiger partial charge is 0.467 e. The van der Waals surface area contributed by atoms with Crippen molar-refractivity contribution in [2.75, 3.05) is 12.4 Å². The zero-order valence-electron chi connectivity index (χ0n) is 11.4. The highest BCUT2D eigenvalue weighted by atomic mass is 19.4. The number of hydrogen-bond donors (Lipinski definition) is 1. The number of rotatable bonds is 5. The second kappa shape index (κ2) is 6.53. The van der Waals surface area contributed by atoms with Crippen LogP contribution in [0.25, 0.3) is 0 Å². The van der Waals surface area contributed by atoms with Crippen molar-refractivity contribution in [2.45, 2.75) is 32.5 Å². The van der Waals surface area contributed by atoms with Gasteiger partial charge in [-0.3, -0.25) is 0 Å². The molecule has 0 fully saturated rings. The van der Waals surface area contributed by atoms with Crippen LogP contribution in [0.1, 0.15) is 26.0 Å². The first-order valence-electron chi connectivity index (χ1n) is 5.98. The maximum absolute atomic E-state index is 12.5. The van der Waals surface area contributed by atoms with Crippen molar-refractivity contribution in [3.05, 3.63) is 18.0 Å². The summed E-state index contributed by atoms with van der Waals surface area (Å²) in [6.07, 6.45) is -3.17. The number of aromatic nitrogens is 2. The summed E-state index contributed by atoms with van der Waals surface area (Å²) in [5.41, 5.74) is -1.07. The minimum absolute atomic E-state index is 0.150. The maximum atomic E-state index is 12.5. The smallest absolute Gasteiger partial charge is 0.433 e. The Hall–Kier alpha value is -1.86. The van der Waals surface area contributed by atoms with Crippen molar-refractivity contribution in [3.8, 4) is 0 Å². The fourth-order valence-electron chi connectivity index (χ4n) is 1.57. The van der Waals surface area contributed by atoms with Crippen LogP contribution >= 0.6 is 0 Å². The molecule has 0 bridgehead atoms. The van der Waals surface area contributed by atoms with Gasteiger partial charge in [0.25, 0.3) is 0 Å². The SMILES string of the molecule is COC(=O)C(CC(C)C)Nc1nccc(C(F)(F)F)n1. The van der Waals surface area contributed by atoms with Crippen LogP contribution in [0.4, 0.5) is 19.1 Å². The van der Waals surface area contributed by atoms with Crippen molar-refractivity contribution in [1.82, 2.24) is 9.97 Å². The molecule has 1 N–H and O–H groups in total. The summed E-state index contributed by atoms with van der Waals surface area (Å²) in [4.78, 5) is 18.6. The fraction of sp³-hybridized carbons (Fsp3) is 0.583.